The molecule has 140 valence electrons. The molecule has 1 unspecified atom stereocenters. The lowest BCUT2D eigenvalue weighted by Gasteiger charge is -2.34. The van der Waals surface area contributed by atoms with Crippen molar-refractivity contribution in [3.63, 3.8) is 0 Å². The van der Waals surface area contributed by atoms with E-state index in [1.807, 2.05) is 39.1 Å². The third kappa shape index (κ3) is 4.75. The van der Waals surface area contributed by atoms with E-state index >= 15 is 0 Å². The number of amides is 1. The molecule has 1 aromatic carbocycles. The van der Waals surface area contributed by atoms with E-state index in [0.717, 1.165) is 16.0 Å². The lowest BCUT2D eigenvalue weighted by Crippen LogP contribution is -2.48. The van der Waals surface area contributed by atoms with Crippen molar-refractivity contribution in [1.29, 1.82) is 0 Å². The molecule has 1 amide bonds. The van der Waals surface area contributed by atoms with Crippen molar-refractivity contribution in [2.75, 3.05) is 19.7 Å². The third-order valence-electron chi connectivity index (χ3n) is 4.02. The van der Waals surface area contributed by atoms with Gasteiger partial charge in [-0.1, -0.05) is 23.7 Å². The van der Waals surface area contributed by atoms with E-state index in [2.05, 4.69) is 11.1 Å². The van der Waals surface area contributed by atoms with E-state index in [1.54, 1.807) is 21.7 Å². The number of aromatic nitrogens is 1. The van der Waals surface area contributed by atoms with E-state index in [4.69, 9.17) is 21.1 Å². The highest BCUT2D eigenvalue weighted by Gasteiger charge is 2.29. The summed E-state index contributed by atoms with van der Waals surface area (Å²) in [6.07, 6.45) is 2.11. The molecule has 5 nitrogen and oxygen atoms in total. The van der Waals surface area contributed by atoms with Gasteiger partial charge in [-0.2, -0.15) is 0 Å². The van der Waals surface area contributed by atoms with Gasteiger partial charge in [0.2, 0.25) is 0 Å². The van der Waals surface area contributed by atoms with E-state index in [-0.39, 0.29) is 12.2 Å². The standard InChI is InChI=1S/C19H23ClN2O3S/c1-19(2,3)25-18(23)22-7-8-24-14(11-22)9-13-5-4-6-15(20)17(13)16-10-21-12-26-16/h4-6,10,12,14H,7-9,11H2,1-3H3. The monoisotopic (exact) mass is 394 g/mol. The Kier molecular flexibility index (Phi) is 5.85. The van der Waals surface area contributed by atoms with Gasteiger partial charge in [-0.3, -0.25) is 4.98 Å². The summed E-state index contributed by atoms with van der Waals surface area (Å²) in [5.74, 6) is 0. The Hall–Kier alpha value is -1.63. The normalized spacial score (nSPS) is 18.0. The van der Waals surface area contributed by atoms with Crippen LogP contribution in [-0.2, 0) is 15.9 Å². The number of morpholine rings is 1. The number of thiazole rings is 1. The SMILES string of the molecule is CC(C)(C)OC(=O)N1CCOC(Cc2cccc(Cl)c2-c2cncs2)C1. The van der Waals surface area contributed by atoms with E-state index in [0.29, 0.717) is 31.1 Å². The number of benzene rings is 1. The maximum absolute atomic E-state index is 12.3. The number of ether oxygens (including phenoxy) is 2. The zero-order valence-electron chi connectivity index (χ0n) is 15.2. The second-order valence-corrected chi connectivity index (χ2v) is 8.56. The molecule has 0 radical (unpaired) electrons. The molecule has 1 saturated heterocycles. The Morgan fingerprint density at radius 3 is 2.96 bits per heavy atom. The summed E-state index contributed by atoms with van der Waals surface area (Å²) in [7, 11) is 0. The number of halogens is 1. The van der Waals surface area contributed by atoms with Gasteiger partial charge >= 0.3 is 6.09 Å². The van der Waals surface area contributed by atoms with Crippen LogP contribution in [0.4, 0.5) is 4.79 Å². The van der Waals surface area contributed by atoms with Crippen molar-refractivity contribution >= 4 is 29.0 Å². The first-order chi connectivity index (χ1) is 12.3. The molecular weight excluding hydrogens is 372 g/mol. The van der Waals surface area contributed by atoms with E-state index in [9.17, 15) is 4.79 Å². The molecular formula is C19H23ClN2O3S. The molecule has 1 atom stereocenters. The first kappa shape index (κ1) is 19.1. The maximum Gasteiger partial charge on any atom is 0.410 e. The molecule has 0 bridgehead atoms. The number of carbonyl (C=O) groups is 1. The van der Waals surface area contributed by atoms with Crippen LogP contribution in [-0.4, -0.2) is 47.4 Å². The topological polar surface area (TPSA) is 51.7 Å². The van der Waals surface area contributed by atoms with Gasteiger partial charge in [-0.25, -0.2) is 4.79 Å². The van der Waals surface area contributed by atoms with Crippen LogP contribution in [0.1, 0.15) is 26.3 Å². The molecule has 1 aliphatic rings. The average Bonchev–Trinajstić information content (AvgIpc) is 3.08. The lowest BCUT2D eigenvalue weighted by atomic mass is 10.00. The van der Waals surface area contributed by atoms with Crippen LogP contribution in [0.15, 0.2) is 29.9 Å². The molecule has 1 fully saturated rings. The van der Waals surface area contributed by atoms with Crippen molar-refractivity contribution in [3.8, 4) is 10.4 Å². The first-order valence-corrected chi connectivity index (χ1v) is 9.85. The fraction of sp³-hybridized carbons (Fsp3) is 0.474. The summed E-state index contributed by atoms with van der Waals surface area (Å²) in [5, 5.41) is 0.701. The van der Waals surface area contributed by atoms with Gasteiger partial charge in [0.15, 0.2) is 0 Å². The highest BCUT2D eigenvalue weighted by Crippen LogP contribution is 2.34. The summed E-state index contributed by atoms with van der Waals surface area (Å²) in [6.45, 7) is 7.16. The Balaban J connectivity index is 1.74. The molecule has 1 aliphatic heterocycles. The summed E-state index contributed by atoms with van der Waals surface area (Å²) in [5.41, 5.74) is 3.38. The van der Waals surface area contributed by atoms with Crippen molar-refractivity contribution in [2.24, 2.45) is 0 Å². The van der Waals surface area contributed by atoms with E-state index < -0.39 is 5.60 Å². The van der Waals surface area contributed by atoms with Crippen LogP contribution in [0.5, 0.6) is 0 Å². The largest absolute Gasteiger partial charge is 0.444 e. The minimum Gasteiger partial charge on any atom is -0.444 e. The molecule has 0 saturated carbocycles. The van der Waals surface area contributed by atoms with Crippen LogP contribution in [0.3, 0.4) is 0 Å². The summed E-state index contributed by atoms with van der Waals surface area (Å²) in [6, 6.07) is 5.88. The van der Waals surface area contributed by atoms with Gasteiger partial charge in [0.25, 0.3) is 0 Å². The van der Waals surface area contributed by atoms with Crippen molar-refractivity contribution in [3.05, 3.63) is 40.5 Å². The maximum atomic E-state index is 12.3. The summed E-state index contributed by atoms with van der Waals surface area (Å²) >= 11 is 8.00. The number of rotatable bonds is 3. The van der Waals surface area contributed by atoms with E-state index in [1.165, 1.54) is 0 Å². The van der Waals surface area contributed by atoms with Crippen LogP contribution >= 0.6 is 22.9 Å². The average molecular weight is 395 g/mol. The fourth-order valence-electron chi connectivity index (χ4n) is 2.93. The quantitative estimate of drug-likeness (QED) is 0.760. The van der Waals surface area contributed by atoms with Crippen LogP contribution in [0, 0.1) is 0 Å². The number of hydrogen-bond acceptors (Lipinski definition) is 5. The Bertz CT molecular complexity index is 759. The molecule has 2 aromatic rings. The van der Waals surface area contributed by atoms with Crippen LogP contribution in [0.25, 0.3) is 10.4 Å². The van der Waals surface area contributed by atoms with Crippen molar-refractivity contribution < 1.29 is 14.3 Å². The molecule has 3 rings (SSSR count). The first-order valence-electron chi connectivity index (χ1n) is 8.59. The van der Waals surface area contributed by atoms with Crippen LogP contribution in [0.2, 0.25) is 5.02 Å². The molecule has 26 heavy (non-hydrogen) atoms. The second kappa shape index (κ2) is 7.94. The van der Waals surface area contributed by atoms with Gasteiger partial charge in [0, 0.05) is 29.7 Å². The Morgan fingerprint density at radius 2 is 2.27 bits per heavy atom. The Morgan fingerprint density at radius 1 is 1.46 bits per heavy atom. The zero-order valence-corrected chi connectivity index (χ0v) is 16.8. The van der Waals surface area contributed by atoms with Gasteiger partial charge < -0.3 is 14.4 Å². The van der Waals surface area contributed by atoms with Gasteiger partial charge in [-0.15, -0.1) is 11.3 Å². The number of carbonyl (C=O) groups excluding carboxylic acids is 1. The van der Waals surface area contributed by atoms with Gasteiger partial charge in [0.1, 0.15) is 5.60 Å². The summed E-state index contributed by atoms with van der Waals surface area (Å²) < 4.78 is 11.4. The summed E-state index contributed by atoms with van der Waals surface area (Å²) in [4.78, 5) is 19.2. The predicted molar refractivity (Wildman–Crippen MR) is 104 cm³/mol. The zero-order chi connectivity index (χ0) is 18.7. The lowest BCUT2D eigenvalue weighted by molar-refractivity contribution is -0.0414. The minimum absolute atomic E-state index is 0.0959. The minimum atomic E-state index is -0.503. The van der Waals surface area contributed by atoms with Gasteiger partial charge in [0.05, 0.1) is 29.6 Å². The highest BCUT2D eigenvalue weighted by molar-refractivity contribution is 7.13. The molecule has 1 aromatic heterocycles. The molecule has 2 heterocycles. The van der Waals surface area contributed by atoms with Crippen LogP contribution < -0.4 is 0 Å². The smallest absolute Gasteiger partial charge is 0.410 e. The number of nitrogens with zero attached hydrogens (tertiary/aromatic N) is 2. The van der Waals surface area contributed by atoms with Crippen molar-refractivity contribution in [2.45, 2.75) is 38.9 Å². The molecule has 0 aliphatic carbocycles. The molecule has 0 spiro atoms. The Labute approximate surface area is 162 Å². The van der Waals surface area contributed by atoms with Crippen molar-refractivity contribution in [1.82, 2.24) is 9.88 Å². The number of hydrogen-bond donors (Lipinski definition) is 0. The predicted octanol–water partition coefficient (Wildman–Crippen LogP) is 4.64. The molecule has 7 heteroatoms. The second-order valence-electron chi connectivity index (χ2n) is 7.26. The fourth-order valence-corrected chi connectivity index (χ4v) is 4.00. The van der Waals surface area contributed by atoms with Gasteiger partial charge in [-0.05, 0) is 32.4 Å². The molecule has 0 N–H and O–H groups in total. The highest BCUT2D eigenvalue weighted by atomic mass is 35.5. The third-order valence-corrected chi connectivity index (χ3v) is 5.12.